The van der Waals surface area contributed by atoms with E-state index in [4.69, 9.17) is 14.2 Å². The van der Waals surface area contributed by atoms with Gasteiger partial charge in [0, 0.05) is 31.5 Å². The van der Waals surface area contributed by atoms with Gasteiger partial charge in [-0.25, -0.2) is 0 Å². The molecular weight excluding hydrogens is 452 g/mol. The van der Waals surface area contributed by atoms with Crippen LogP contribution in [-0.2, 0) is 24.3 Å². The molecule has 0 spiro atoms. The minimum atomic E-state index is -0.0436. The van der Waals surface area contributed by atoms with Gasteiger partial charge in [-0.2, -0.15) is 0 Å². The number of carbonyl (C=O) groups is 1. The minimum absolute atomic E-state index is 0.0436. The lowest BCUT2D eigenvalue weighted by Crippen LogP contribution is -2.24. The molecule has 9 heteroatoms. The third-order valence-electron chi connectivity index (χ3n) is 5.82. The number of hydrogen-bond donors (Lipinski definition) is 1. The molecule has 1 aromatic heterocycles. The van der Waals surface area contributed by atoms with Gasteiger partial charge in [-0.15, -0.1) is 10.2 Å². The highest BCUT2D eigenvalue weighted by molar-refractivity contribution is 7.99. The van der Waals surface area contributed by atoms with E-state index in [2.05, 4.69) is 28.5 Å². The zero-order chi connectivity index (χ0) is 23.5. The second-order valence-corrected chi connectivity index (χ2v) is 9.35. The molecule has 0 aliphatic carbocycles. The van der Waals surface area contributed by atoms with E-state index in [0.717, 1.165) is 47.0 Å². The predicted octanol–water partition coefficient (Wildman–Crippen LogP) is 3.86. The van der Waals surface area contributed by atoms with Crippen molar-refractivity contribution in [1.82, 2.24) is 20.1 Å². The molecule has 0 fully saturated rings. The molecule has 0 bridgehead atoms. The summed E-state index contributed by atoms with van der Waals surface area (Å²) in [5.41, 5.74) is 3.18. The van der Waals surface area contributed by atoms with Gasteiger partial charge in [-0.05, 0) is 49.2 Å². The smallest absolute Gasteiger partial charge is 0.230 e. The molecule has 8 nitrogen and oxygen atoms in total. The zero-order valence-electron chi connectivity index (χ0n) is 19.4. The highest BCUT2D eigenvalue weighted by atomic mass is 32.2. The summed E-state index contributed by atoms with van der Waals surface area (Å²) in [5.74, 6) is 3.39. The molecule has 0 saturated carbocycles. The number of aromatic nitrogens is 3. The number of ether oxygens (including phenoxy) is 3. The van der Waals surface area contributed by atoms with Crippen molar-refractivity contribution in [3.05, 3.63) is 47.5 Å². The summed E-state index contributed by atoms with van der Waals surface area (Å²) in [6.07, 6.45) is 1.98. The van der Waals surface area contributed by atoms with Crippen LogP contribution >= 0.6 is 11.8 Å². The summed E-state index contributed by atoms with van der Waals surface area (Å²) in [7, 11) is 0. The first-order chi connectivity index (χ1) is 16.6. The van der Waals surface area contributed by atoms with E-state index in [1.165, 1.54) is 17.3 Å². The quantitative estimate of drug-likeness (QED) is 0.514. The third-order valence-corrected chi connectivity index (χ3v) is 6.79. The van der Waals surface area contributed by atoms with Crippen LogP contribution in [0.15, 0.2) is 41.6 Å². The van der Waals surface area contributed by atoms with Gasteiger partial charge >= 0.3 is 0 Å². The molecule has 3 heterocycles. The van der Waals surface area contributed by atoms with E-state index in [-0.39, 0.29) is 17.8 Å². The fourth-order valence-corrected chi connectivity index (χ4v) is 5.00. The highest BCUT2D eigenvalue weighted by Gasteiger charge is 2.20. The van der Waals surface area contributed by atoms with E-state index in [0.29, 0.717) is 31.5 Å². The number of thioether (sulfide) groups is 1. The maximum atomic E-state index is 12.5. The maximum absolute atomic E-state index is 12.5. The molecule has 1 atom stereocenters. The van der Waals surface area contributed by atoms with Crippen molar-refractivity contribution in [3.63, 3.8) is 0 Å². The van der Waals surface area contributed by atoms with Crippen LogP contribution < -0.4 is 19.5 Å². The van der Waals surface area contributed by atoms with E-state index in [1.807, 2.05) is 41.8 Å². The maximum Gasteiger partial charge on any atom is 0.230 e. The first-order valence-electron chi connectivity index (χ1n) is 11.6. The average Bonchev–Trinajstić information content (AvgIpc) is 3.34. The van der Waals surface area contributed by atoms with Gasteiger partial charge in [0.25, 0.3) is 0 Å². The van der Waals surface area contributed by atoms with Crippen molar-refractivity contribution in [3.8, 4) is 28.6 Å². The average molecular weight is 481 g/mol. The van der Waals surface area contributed by atoms with Crippen LogP contribution in [0.3, 0.4) is 0 Å². The van der Waals surface area contributed by atoms with E-state index in [9.17, 15) is 4.79 Å². The molecule has 3 aromatic rings. The van der Waals surface area contributed by atoms with Crippen molar-refractivity contribution < 1.29 is 19.0 Å². The Balaban J connectivity index is 1.21. The molecule has 1 N–H and O–H groups in total. The van der Waals surface area contributed by atoms with Gasteiger partial charge in [-0.1, -0.05) is 23.9 Å². The highest BCUT2D eigenvalue weighted by Crippen LogP contribution is 2.34. The second kappa shape index (κ2) is 9.97. The Kier molecular flexibility index (Phi) is 6.62. The fraction of sp³-hybridized carbons (Fsp3) is 0.400. The number of fused-ring (bicyclic) bond motifs is 2. The van der Waals surface area contributed by atoms with Crippen LogP contribution in [0.1, 0.15) is 31.4 Å². The second-order valence-electron chi connectivity index (χ2n) is 8.40. The molecule has 2 aliphatic rings. The lowest BCUT2D eigenvalue weighted by atomic mass is 10.1. The van der Waals surface area contributed by atoms with Crippen molar-refractivity contribution in [1.29, 1.82) is 0 Å². The normalized spacial score (nSPS) is 16.5. The number of nitrogens with zero attached hydrogens (tertiary/aromatic N) is 3. The summed E-state index contributed by atoms with van der Waals surface area (Å²) in [6, 6.07) is 11.9. The minimum Gasteiger partial charge on any atom is -0.490 e. The number of hydrogen-bond acceptors (Lipinski definition) is 7. The molecule has 5 rings (SSSR count). The first kappa shape index (κ1) is 22.6. The van der Waals surface area contributed by atoms with Gasteiger partial charge in [-0.3, -0.25) is 4.79 Å². The lowest BCUT2D eigenvalue weighted by Gasteiger charge is -2.11. The Labute approximate surface area is 203 Å². The molecule has 2 aliphatic heterocycles. The standard InChI is InChI=1S/C25H28N4O4S/c1-3-29-24(18-6-8-21-22(13-18)32-10-4-9-31-21)27-28-25(29)34-15-23(30)26-14-17-5-7-20-19(12-17)11-16(2)33-20/h5-8,12-13,16H,3-4,9-11,14-15H2,1-2H3,(H,26,30)/t16-/m0/s1. The van der Waals surface area contributed by atoms with Crippen LogP contribution in [0, 0.1) is 0 Å². The Hall–Kier alpha value is -3.20. The van der Waals surface area contributed by atoms with Gasteiger partial charge in [0.05, 0.1) is 19.0 Å². The topological polar surface area (TPSA) is 87.5 Å². The Bertz CT molecular complexity index is 1200. The van der Waals surface area contributed by atoms with E-state index >= 15 is 0 Å². The molecule has 0 unspecified atom stereocenters. The fourth-order valence-electron chi connectivity index (χ4n) is 4.16. The number of carbonyl (C=O) groups excluding carboxylic acids is 1. The van der Waals surface area contributed by atoms with Crippen LogP contribution in [0.2, 0.25) is 0 Å². The molecular formula is C25H28N4O4S. The number of rotatable bonds is 7. The summed E-state index contributed by atoms with van der Waals surface area (Å²) in [5, 5.41) is 12.4. The molecule has 2 aromatic carbocycles. The van der Waals surface area contributed by atoms with E-state index < -0.39 is 0 Å². The molecule has 0 radical (unpaired) electrons. The number of benzene rings is 2. The van der Waals surface area contributed by atoms with Crippen molar-refractivity contribution in [2.24, 2.45) is 0 Å². The molecule has 0 saturated heterocycles. The summed E-state index contributed by atoms with van der Waals surface area (Å²) in [4.78, 5) is 12.5. The van der Waals surface area contributed by atoms with Gasteiger partial charge in [0.15, 0.2) is 22.5 Å². The number of amides is 1. The zero-order valence-corrected chi connectivity index (χ0v) is 20.2. The summed E-state index contributed by atoms with van der Waals surface area (Å²) < 4.78 is 19.3. The van der Waals surface area contributed by atoms with Gasteiger partial charge in [0.2, 0.25) is 5.91 Å². The van der Waals surface area contributed by atoms with Gasteiger partial charge < -0.3 is 24.1 Å². The Morgan fingerprint density at radius 3 is 2.79 bits per heavy atom. The lowest BCUT2D eigenvalue weighted by molar-refractivity contribution is -0.118. The van der Waals surface area contributed by atoms with Crippen LogP contribution in [0.25, 0.3) is 11.4 Å². The third kappa shape index (κ3) is 4.84. The summed E-state index contributed by atoms with van der Waals surface area (Å²) in [6.45, 7) is 6.57. The molecule has 178 valence electrons. The number of nitrogens with one attached hydrogen (secondary N) is 1. The van der Waals surface area contributed by atoms with Crippen molar-refractivity contribution in [2.75, 3.05) is 19.0 Å². The monoisotopic (exact) mass is 480 g/mol. The van der Waals surface area contributed by atoms with Crippen molar-refractivity contribution >= 4 is 17.7 Å². The Morgan fingerprint density at radius 1 is 1.12 bits per heavy atom. The van der Waals surface area contributed by atoms with Crippen LogP contribution in [0.4, 0.5) is 0 Å². The predicted molar refractivity (Wildman–Crippen MR) is 130 cm³/mol. The molecule has 34 heavy (non-hydrogen) atoms. The largest absolute Gasteiger partial charge is 0.490 e. The molecule has 1 amide bonds. The summed E-state index contributed by atoms with van der Waals surface area (Å²) >= 11 is 1.38. The van der Waals surface area contributed by atoms with Crippen molar-refractivity contribution in [2.45, 2.75) is 51.0 Å². The SMILES string of the molecule is CCn1c(SCC(=O)NCc2ccc3c(c2)C[C@H](C)O3)nnc1-c1ccc2c(c1)OCCCO2. The van der Waals surface area contributed by atoms with Crippen LogP contribution in [-0.4, -0.2) is 45.7 Å². The first-order valence-corrected chi connectivity index (χ1v) is 12.6. The Morgan fingerprint density at radius 2 is 1.94 bits per heavy atom. The van der Waals surface area contributed by atoms with Gasteiger partial charge in [0.1, 0.15) is 11.9 Å². The van der Waals surface area contributed by atoms with E-state index in [1.54, 1.807) is 0 Å². The van der Waals surface area contributed by atoms with Crippen LogP contribution in [0.5, 0.6) is 17.2 Å².